The Morgan fingerprint density at radius 1 is 1.03 bits per heavy atom. The van der Waals surface area contributed by atoms with E-state index in [1.165, 1.54) is 11.4 Å². The van der Waals surface area contributed by atoms with Crippen LogP contribution in [-0.2, 0) is 12.8 Å². The molecule has 12 heteroatoms. The third-order valence-corrected chi connectivity index (χ3v) is 5.18. The van der Waals surface area contributed by atoms with E-state index in [9.17, 15) is 35.5 Å². The molecule has 0 atom stereocenters. The van der Waals surface area contributed by atoms with E-state index in [1.807, 2.05) is 0 Å². The average molecular weight is 484 g/mol. The molecular weight excluding hydrogens is 475 g/mol. The summed E-state index contributed by atoms with van der Waals surface area (Å²) in [4.78, 5) is 12.1. The Morgan fingerprint density at radius 2 is 1.65 bits per heavy atom. The van der Waals surface area contributed by atoms with Gasteiger partial charge in [0.1, 0.15) is 23.6 Å². The minimum atomic E-state index is -5.68. The number of carbonyl (C=O) groups excluding carboxylic acids is 1. The lowest BCUT2D eigenvalue weighted by molar-refractivity contribution is -0.143. The van der Waals surface area contributed by atoms with Gasteiger partial charge in [0.05, 0.1) is 9.90 Å². The van der Waals surface area contributed by atoms with Crippen LogP contribution >= 0.6 is 22.9 Å². The van der Waals surface area contributed by atoms with Crippen LogP contribution in [0, 0.1) is 23.3 Å². The molecule has 164 valence electrons. The summed E-state index contributed by atoms with van der Waals surface area (Å²) < 4.78 is 98.6. The number of halogens is 8. The van der Waals surface area contributed by atoms with Crippen molar-refractivity contribution >= 4 is 34.5 Å². The number of hydrogen-bond acceptors (Lipinski definition) is 3. The van der Waals surface area contributed by atoms with E-state index in [4.69, 9.17) is 16.3 Å². The SMILES string of the molecule is O=C(Nc1c(F)c(F)c(C(F)(F)F)c(F)c1F)c1cc(COc2ccccc2Cl)cs1. The lowest BCUT2D eigenvalue weighted by Gasteiger charge is -2.14. The number of rotatable bonds is 5. The Labute approximate surface area is 179 Å². The molecule has 1 aromatic heterocycles. The van der Waals surface area contributed by atoms with Crippen molar-refractivity contribution in [1.82, 2.24) is 0 Å². The quantitative estimate of drug-likeness (QED) is 0.320. The molecule has 3 aromatic rings. The maximum absolute atomic E-state index is 13.9. The van der Waals surface area contributed by atoms with Crippen molar-refractivity contribution in [3.63, 3.8) is 0 Å². The molecule has 3 rings (SSSR count). The zero-order chi connectivity index (χ0) is 22.9. The number of amides is 1. The normalized spacial score (nSPS) is 11.5. The standard InChI is InChI=1S/C19H9ClF7NO2S/c20-9-3-1-2-4-10(9)30-6-8-5-11(31-7-8)18(29)28-17-15(23)13(21)12(19(25,26)27)14(22)16(17)24/h1-5,7H,6H2,(H,28,29). The van der Waals surface area contributed by atoms with Crippen LogP contribution in [0.3, 0.4) is 0 Å². The highest BCUT2D eigenvalue weighted by Gasteiger charge is 2.42. The van der Waals surface area contributed by atoms with E-state index >= 15 is 0 Å². The van der Waals surface area contributed by atoms with Crippen LogP contribution in [-0.4, -0.2) is 5.91 Å². The summed E-state index contributed by atoms with van der Waals surface area (Å²) >= 11 is 6.75. The van der Waals surface area contributed by atoms with Gasteiger partial charge in [-0.3, -0.25) is 4.79 Å². The minimum Gasteiger partial charge on any atom is -0.487 e. The summed E-state index contributed by atoms with van der Waals surface area (Å²) in [6.45, 7) is -0.0280. The molecule has 2 aromatic carbocycles. The largest absolute Gasteiger partial charge is 0.487 e. The zero-order valence-corrected chi connectivity index (χ0v) is 16.5. The van der Waals surface area contributed by atoms with Crippen LogP contribution in [0.15, 0.2) is 35.7 Å². The van der Waals surface area contributed by atoms with E-state index < -0.39 is 46.6 Å². The van der Waals surface area contributed by atoms with Gasteiger partial charge in [0.2, 0.25) is 0 Å². The predicted molar refractivity (Wildman–Crippen MR) is 99.3 cm³/mol. The molecule has 31 heavy (non-hydrogen) atoms. The summed E-state index contributed by atoms with van der Waals surface area (Å²) in [7, 11) is 0. The van der Waals surface area contributed by atoms with E-state index in [2.05, 4.69) is 0 Å². The van der Waals surface area contributed by atoms with Crippen molar-refractivity contribution in [2.24, 2.45) is 0 Å². The smallest absolute Gasteiger partial charge is 0.422 e. The number of thiophene rings is 1. The molecule has 0 saturated heterocycles. The Bertz CT molecular complexity index is 1120. The Hall–Kier alpha value is -2.79. The summed E-state index contributed by atoms with van der Waals surface area (Å²) in [6, 6.07) is 7.83. The van der Waals surface area contributed by atoms with Crippen LogP contribution < -0.4 is 10.1 Å². The van der Waals surface area contributed by atoms with Gasteiger partial charge in [0.15, 0.2) is 23.3 Å². The summed E-state index contributed by atoms with van der Waals surface area (Å²) in [6.07, 6.45) is -5.68. The average Bonchev–Trinajstić information content (AvgIpc) is 3.17. The van der Waals surface area contributed by atoms with E-state index in [-0.39, 0.29) is 11.5 Å². The van der Waals surface area contributed by atoms with Crippen LogP contribution in [0.2, 0.25) is 5.02 Å². The van der Waals surface area contributed by atoms with Gasteiger partial charge in [-0.1, -0.05) is 23.7 Å². The maximum atomic E-state index is 13.9. The Kier molecular flexibility index (Phi) is 6.46. The molecule has 1 heterocycles. The maximum Gasteiger partial charge on any atom is 0.422 e. The minimum absolute atomic E-state index is 0.0280. The number of hydrogen-bond donors (Lipinski definition) is 1. The van der Waals surface area contributed by atoms with E-state index in [1.54, 1.807) is 29.6 Å². The monoisotopic (exact) mass is 483 g/mol. The zero-order valence-electron chi connectivity index (χ0n) is 14.9. The first-order valence-electron chi connectivity index (χ1n) is 8.20. The van der Waals surface area contributed by atoms with E-state index in [0.717, 1.165) is 11.3 Å². The topological polar surface area (TPSA) is 38.3 Å². The number of ether oxygens (including phenoxy) is 1. The number of nitrogens with one attached hydrogen (secondary N) is 1. The van der Waals surface area contributed by atoms with Gasteiger partial charge in [-0.15, -0.1) is 11.3 Å². The molecule has 0 bridgehead atoms. The molecule has 0 spiro atoms. The second-order valence-corrected chi connectivity index (χ2v) is 7.31. The molecule has 0 radical (unpaired) electrons. The van der Waals surface area contributed by atoms with E-state index in [0.29, 0.717) is 16.3 Å². The van der Waals surface area contributed by atoms with Gasteiger partial charge < -0.3 is 10.1 Å². The third kappa shape index (κ3) is 4.77. The molecule has 1 amide bonds. The summed E-state index contributed by atoms with van der Waals surface area (Å²) in [5, 5.41) is 3.37. The van der Waals surface area contributed by atoms with Crippen LogP contribution in [0.25, 0.3) is 0 Å². The fourth-order valence-corrected chi connectivity index (χ4v) is 3.44. The lowest BCUT2D eigenvalue weighted by Crippen LogP contribution is -2.19. The van der Waals surface area contributed by atoms with Crippen LogP contribution in [0.5, 0.6) is 5.75 Å². The molecule has 0 aliphatic carbocycles. The first-order chi connectivity index (χ1) is 14.5. The molecule has 0 unspecified atom stereocenters. The highest BCUT2D eigenvalue weighted by molar-refractivity contribution is 7.12. The van der Waals surface area contributed by atoms with Crippen molar-refractivity contribution in [3.05, 3.63) is 80.0 Å². The first kappa shape index (κ1) is 22.9. The molecule has 3 nitrogen and oxygen atoms in total. The highest BCUT2D eigenvalue weighted by atomic mass is 35.5. The molecular formula is C19H9ClF7NO2S. The number of alkyl halides is 3. The highest BCUT2D eigenvalue weighted by Crippen LogP contribution is 2.38. The second-order valence-electron chi connectivity index (χ2n) is 6.00. The Morgan fingerprint density at radius 3 is 2.23 bits per heavy atom. The van der Waals surface area contributed by atoms with Crippen molar-refractivity contribution in [2.75, 3.05) is 5.32 Å². The van der Waals surface area contributed by atoms with Gasteiger partial charge in [0, 0.05) is 5.56 Å². The van der Waals surface area contributed by atoms with Gasteiger partial charge in [-0.05, 0) is 23.6 Å². The van der Waals surface area contributed by atoms with Crippen molar-refractivity contribution in [1.29, 1.82) is 0 Å². The van der Waals surface area contributed by atoms with Crippen molar-refractivity contribution < 1.29 is 40.3 Å². The van der Waals surface area contributed by atoms with Gasteiger partial charge in [0.25, 0.3) is 5.91 Å². The van der Waals surface area contributed by atoms with Crippen molar-refractivity contribution in [3.8, 4) is 5.75 Å². The van der Waals surface area contributed by atoms with Gasteiger partial charge in [-0.25, -0.2) is 17.6 Å². The fraction of sp³-hybridized carbons (Fsp3) is 0.105. The predicted octanol–water partition coefficient (Wildman–Crippen LogP) is 6.81. The summed E-state index contributed by atoms with van der Waals surface area (Å²) in [5.41, 5.74) is -3.94. The van der Waals surface area contributed by atoms with Crippen LogP contribution in [0.4, 0.5) is 36.4 Å². The first-order valence-corrected chi connectivity index (χ1v) is 9.45. The molecule has 0 aliphatic heterocycles. The fourth-order valence-electron chi connectivity index (χ4n) is 2.46. The third-order valence-electron chi connectivity index (χ3n) is 3.89. The molecule has 0 saturated carbocycles. The Balaban J connectivity index is 1.79. The van der Waals surface area contributed by atoms with Crippen molar-refractivity contribution in [2.45, 2.75) is 12.8 Å². The molecule has 0 fully saturated rings. The second kappa shape index (κ2) is 8.75. The van der Waals surface area contributed by atoms with Gasteiger partial charge in [-0.2, -0.15) is 13.2 Å². The lowest BCUT2D eigenvalue weighted by atomic mass is 10.1. The number of para-hydroxylation sites is 1. The van der Waals surface area contributed by atoms with Crippen LogP contribution in [0.1, 0.15) is 20.8 Å². The molecule has 0 aliphatic rings. The number of benzene rings is 2. The van der Waals surface area contributed by atoms with Gasteiger partial charge >= 0.3 is 6.18 Å². The number of carbonyl (C=O) groups is 1. The molecule has 1 N–H and O–H groups in total. The number of anilines is 1. The summed E-state index contributed by atoms with van der Waals surface area (Å²) in [5.74, 6) is -10.9.